The molecule has 0 radical (unpaired) electrons. The van der Waals surface area contributed by atoms with E-state index >= 15 is 0 Å². The quantitative estimate of drug-likeness (QED) is 0.578. The summed E-state index contributed by atoms with van der Waals surface area (Å²) in [5, 5.41) is 11.4. The predicted octanol–water partition coefficient (Wildman–Crippen LogP) is 5.75. The molecule has 0 amide bonds. The summed E-state index contributed by atoms with van der Waals surface area (Å²) in [5.41, 5.74) is 2.80. The fraction of sp³-hybridized carbons (Fsp3) is 0.158. The van der Waals surface area contributed by atoms with E-state index in [1.165, 1.54) is 0 Å². The number of aliphatic imine (C=N–C) groups is 1. The molecule has 3 rings (SSSR count). The van der Waals surface area contributed by atoms with E-state index in [2.05, 4.69) is 9.98 Å². The molecule has 0 saturated carbocycles. The number of nitrogens with zero attached hydrogens (tertiary/aromatic N) is 2. The molecule has 0 bridgehead atoms. The summed E-state index contributed by atoms with van der Waals surface area (Å²) in [6, 6.07) is 14.5. The second-order valence-electron chi connectivity index (χ2n) is 5.42. The SMILES string of the molecule is CCC(=NCc1ccc(Cl)cc1)c1nc(-c2ccc(Cl)cc2)oc1O. The fourth-order valence-corrected chi connectivity index (χ4v) is 2.60. The van der Waals surface area contributed by atoms with Crippen LogP contribution in [-0.2, 0) is 6.54 Å². The van der Waals surface area contributed by atoms with Crippen LogP contribution in [0, 0.1) is 0 Å². The molecule has 3 aromatic rings. The Hall–Kier alpha value is -2.30. The number of aromatic nitrogens is 1. The highest BCUT2D eigenvalue weighted by atomic mass is 35.5. The van der Waals surface area contributed by atoms with E-state index in [0.717, 1.165) is 11.1 Å². The lowest BCUT2D eigenvalue weighted by molar-refractivity contribution is 0.336. The van der Waals surface area contributed by atoms with E-state index in [4.69, 9.17) is 27.6 Å². The minimum atomic E-state index is -0.235. The van der Waals surface area contributed by atoms with Gasteiger partial charge >= 0.3 is 5.95 Å². The number of hydrogen-bond acceptors (Lipinski definition) is 4. The summed E-state index contributed by atoms with van der Waals surface area (Å²) in [6.45, 7) is 2.43. The first-order chi connectivity index (χ1) is 12.1. The molecule has 6 heteroatoms. The van der Waals surface area contributed by atoms with Gasteiger partial charge in [-0.15, -0.1) is 0 Å². The van der Waals surface area contributed by atoms with Gasteiger partial charge in [0.05, 0.1) is 12.3 Å². The van der Waals surface area contributed by atoms with E-state index in [0.29, 0.717) is 40.3 Å². The average molecular weight is 375 g/mol. The smallest absolute Gasteiger partial charge is 0.312 e. The zero-order valence-electron chi connectivity index (χ0n) is 13.5. The minimum absolute atomic E-state index is 0.235. The van der Waals surface area contributed by atoms with E-state index in [1.807, 2.05) is 31.2 Å². The van der Waals surface area contributed by atoms with Crippen LogP contribution in [-0.4, -0.2) is 15.8 Å². The molecule has 4 nitrogen and oxygen atoms in total. The van der Waals surface area contributed by atoms with Crippen molar-refractivity contribution in [2.75, 3.05) is 0 Å². The molecule has 0 atom stereocenters. The van der Waals surface area contributed by atoms with Gasteiger partial charge in [0, 0.05) is 15.6 Å². The fourth-order valence-electron chi connectivity index (χ4n) is 2.35. The second kappa shape index (κ2) is 7.72. The number of hydrogen-bond donors (Lipinski definition) is 1. The van der Waals surface area contributed by atoms with Crippen LogP contribution < -0.4 is 0 Å². The number of benzene rings is 2. The molecule has 25 heavy (non-hydrogen) atoms. The molecule has 0 fully saturated rings. The first kappa shape index (κ1) is 17.5. The van der Waals surface area contributed by atoms with Crippen LogP contribution in [0.2, 0.25) is 10.0 Å². The topological polar surface area (TPSA) is 58.6 Å². The Morgan fingerprint density at radius 3 is 2.24 bits per heavy atom. The lowest BCUT2D eigenvalue weighted by Gasteiger charge is -2.01. The lowest BCUT2D eigenvalue weighted by Crippen LogP contribution is -2.01. The van der Waals surface area contributed by atoms with Gasteiger partial charge in [0.25, 0.3) is 0 Å². The van der Waals surface area contributed by atoms with Crippen molar-refractivity contribution < 1.29 is 9.52 Å². The van der Waals surface area contributed by atoms with Crippen LogP contribution in [0.1, 0.15) is 24.6 Å². The van der Waals surface area contributed by atoms with E-state index < -0.39 is 0 Å². The Morgan fingerprint density at radius 1 is 1.04 bits per heavy atom. The summed E-state index contributed by atoms with van der Waals surface area (Å²) in [6.07, 6.45) is 0.619. The summed E-state index contributed by atoms with van der Waals surface area (Å²) in [7, 11) is 0. The maximum atomic E-state index is 10.1. The molecule has 128 valence electrons. The normalized spacial score (nSPS) is 11.7. The van der Waals surface area contributed by atoms with E-state index in [9.17, 15) is 5.11 Å². The maximum absolute atomic E-state index is 10.1. The molecule has 2 aromatic carbocycles. The van der Waals surface area contributed by atoms with Crippen molar-refractivity contribution >= 4 is 28.9 Å². The largest absolute Gasteiger partial charge is 0.479 e. The minimum Gasteiger partial charge on any atom is -0.479 e. The third-order valence-electron chi connectivity index (χ3n) is 3.67. The van der Waals surface area contributed by atoms with Crippen LogP contribution in [0.4, 0.5) is 0 Å². The first-order valence-corrected chi connectivity index (χ1v) is 8.56. The van der Waals surface area contributed by atoms with E-state index in [1.54, 1.807) is 24.3 Å². The van der Waals surface area contributed by atoms with Gasteiger partial charge < -0.3 is 9.52 Å². The molecule has 0 unspecified atom stereocenters. The molecule has 1 N–H and O–H groups in total. The number of halogens is 2. The third kappa shape index (κ3) is 4.21. The molecular formula is C19H16Cl2N2O2. The Morgan fingerprint density at radius 2 is 1.64 bits per heavy atom. The molecule has 0 saturated heterocycles. The van der Waals surface area contributed by atoms with Crippen molar-refractivity contribution in [3.05, 3.63) is 69.8 Å². The summed E-state index contributed by atoms with van der Waals surface area (Å²) in [5.74, 6) is 0.0958. The summed E-state index contributed by atoms with van der Waals surface area (Å²) < 4.78 is 5.39. The van der Waals surface area contributed by atoms with Gasteiger partial charge in [-0.3, -0.25) is 4.99 Å². The maximum Gasteiger partial charge on any atom is 0.312 e. The highest BCUT2D eigenvalue weighted by molar-refractivity contribution is 6.30. The van der Waals surface area contributed by atoms with Crippen molar-refractivity contribution in [1.82, 2.24) is 4.98 Å². The van der Waals surface area contributed by atoms with Crippen LogP contribution in [0.3, 0.4) is 0 Å². The Kier molecular flexibility index (Phi) is 5.41. The number of rotatable bonds is 5. The van der Waals surface area contributed by atoms with Crippen LogP contribution in [0.5, 0.6) is 5.95 Å². The highest BCUT2D eigenvalue weighted by Crippen LogP contribution is 2.28. The zero-order valence-corrected chi connectivity index (χ0v) is 15.1. The van der Waals surface area contributed by atoms with Gasteiger partial charge in [-0.05, 0) is 48.4 Å². The molecule has 0 spiro atoms. The predicted molar refractivity (Wildman–Crippen MR) is 101 cm³/mol. The number of oxazole rings is 1. The Balaban J connectivity index is 1.86. The van der Waals surface area contributed by atoms with Crippen LogP contribution in [0.25, 0.3) is 11.5 Å². The third-order valence-corrected chi connectivity index (χ3v) is 4.18. The van der Waals surface area contributed by atoms with Crippen molar-refractivity contribution in [2.45, 2.75) is 19.9 Å². The average Bonchev–Trinajstić information content (AvgIpc) is 2.99. The summed E-state index contributed by atoms with van der Waals surface area (Å²) in [4.78, 5) is 8.96. The van der Waals surface area contributed by atoms with Gasteiger partial charge in [-0.25, -0.2) is 4.98 Å². The van der Waals surface area contributed by atoms with Gasteiger partial charge in [0.2, 0.25) is 5.89 Å². The standard InChI is InChI=1S/C19H16Cl2N2O2/c1-2-16(22-11-12-3-7-14(20)8-4-12)17-19(24)25-18(23-17)13-5-9-15(21)10-6-13/h3-10,24H,2,11H2,1H3. The second-order valence-corrected chi connectivity index (χ2v) is 6.30. The Bertz CT molecular complexity index is 885. The van der Waals surface area contributed by atoms with Crippen LogP contribution in [0.15, 0.2) is 57.9 Å². The molecular weight excluding hydrogens is 359 g/mol. The van der Waals surface area contributed by atoms with Crippen molar-refractivity contribution in [1.29, 1.82) is 0 Å². The summed E-state index contributed by atoms with van der Waals surface area (Å²) >= 11 is 11.8. The molecule has 0 aliphatic rings. The first-order valence-electron chi connectivity index (χ1n) is 7.80. The van der Waals surface area contributed by atoms with Gasteiger partial charge in [-0.2, -0.15) is 0 Å². The highest BCUT2D eigenvalue weighted by Gasteiger charge is 2.17. The lowest BCUT2D eigenvalue weighted by atomic mass is 10.2. The molecule has 1 aromatic heterocycles. The zero-order chi connectivity index (χ0) is 17.8. The Labute approximate surface area is 155 Å². The van der Waals surface area contributed by atoms with Crippen molar-refractivity contribution in [3.63, 3.8) is 0 Å². The van der Waals surface area contributed by atoms with Crippen molar-refractivity contribution in [2.24, 2.45) is 4.99 Å². The van der Waals surface area contributed by atoms with Gasteiger partial charge in [0.1, 0.15) is 0 Å². The number of aromatic hydroxyl groups is 1. The molecule has 1 heterocycles. The van der Waals surface area contributed by atoms with E-state index in [-0.39, 0.29) is 5.95 Å². The van der Waals surface area contributed by atoms with Crippen molar-refractivity contribution in [3.8, 4) is 17.4 Å². The molecule has 0 aliphatic heterocycles. The van der Waals surface area contributed by atoms with Gasteiger partial charge in [-0.1, -0.05) is 42.3 Å². The van der Waals surface area contributed by atoms with Gasteiger partial charge in [0.15, 0.2) is 5.69 Å². The molecule has 0 aliphatic carbocycles. The monoisotopic (exact) mass is 374 g/mol. The van der Waals surface area contributed by atoms with Crippen LogP contribution >= 0.6 is 23.2 Å².